The summed E-state index contributed by atoms with van der Waals surface area (Å²) in [6, 6.07) is -0.293. The molecule has 2 bridgehead atoms. The molecular formula is C34H57N3O10. The van der Waals surface area contributed by atoms with Gasteiger partial charge in [-0.25, -0.2) is 4.99 Å². The number of hydrogen-bond donors (Lipinski definition) is 3. The lowest BCUT2D eigenvalue weighted by Gasteiger charge is -2.47. The number of nitrogens with zero attached hydrogens (tertiary/aromatic N) is 2. The van der Waals surface area contributed by atoms with E-state index in [1.54, 1.807) is 27.7 Å². The van der Waals surface area contributed by atoms with Gasteiger partial charge in [0.2, 0.25) is 5.91 Å². The second kappa shape index (κ2) is 15.6. The lowest BCUT2D eigenvalue weighted by molar-refractivity contribution is -0.296. The van der Waals surface area contributed by atoms with E-state index in [-0.39, 0.29) is 43.9 Å². The molecule has 13 heteroatoms. The summed E-state index contributed by atoms with van der Waals surface area (Å²) in [5, 5.41) is 32.2. The Hall–Kier alpha value is -2.13. The Balaban J connectivity index is 2.29. The zero-order valence-electron chi connectivity index (χ0n) is 29.9. The molecule has 3 fully saturated rings. The third-order valence-electron chi connectivity index (χ3n) is 10.1. The van der Waals surface area contributed by atoms with Crippen LogP contribution in [-0.2, 0) is 38.1 Å². The summed E-state index contributed by atoms with van der Waals surface area (Å²) >= 11 is 0. The van der Waals surface area contributed by atoms with E-state index in [0.29, 0.717) is 12.1 Å². The minimum absolute atomic E-state index is 0.0603. The van der Waals surface area contributed by atoms with Crippen LogP contribution in [0.25, 0.3) is 0 Å². The van der Waals surface area contributed by atoms with Gasteiger partial charge >= 0.3 is 5.97 Å². The van der Waals surface area contributed by atoms with Crippen LogP contribution in [0.4, 0.5) is 0 Å². The van der Waals surface area contributed by atoms with Crippen molar-refractivity contribution in [1.29, 1.82) is 5.41 Å². The molecule has 1 unspecified atom stereocenters. The van der Waals surface area contributed by atoms with E-state index >= 15 is 0 Å². The number of likely N-dealkylation sites (N-methyl/N-ethyl adjacent to an activating group) is 1. The average Bonchev–Trinajstić information content (AvgIpc) is 3.00. The first-order valence-corrected chi connectivity index (χ1v) is 16.8. The van der Waals surface area contributed by atoms with Gasteiger partial charge in [-0.15, -0.1) is 0 Å². The number of nitrogens with one attached hydrogen (secondary N) is 1. The third kappa shape index (κ3) is 8.73. The molecule has 13 nitrogen and oxygen atoms in total. The summed E-state index contributed by atoms with van der Waals surface area (Å²) in [5.74, 6) is -5.12. The van der Waals surface area contributed by atoms with Gasteiger partial charge in [-0.2, -0.15) is 0 Å². The fraction of sp³-hybridized carbons (Fsp3) is 0.853. The van der Waals surface area contributed by atoms with E-state index in [0.717, 1.165) is 0 Å². The Bertz CT molecular complexity index is 1190. The molecule has 0 aromatic heterocycles. The van der Waals surface area contributed by atoms with Crippen molar-refractivity contribution >= 4 is 29.1 Å². The zero-order chi connectivity index (χ0) is 35.6. The molecule has 3 N–H and O–H groups in total. The molecule has 0 radical (unpaired) electrons. The Morgan fingerprint density at radius 2 is 1.74 bits per heavy atom. The number of hydrogen-bond acceptors (Lipinski definition) is 12. The summed E-state index contributed by atoms with van der Waals surface area (Å²) in [6.45, 7) is 14.6. The number of aliphatic imine (C=N–C) groups is 1. The lowest BCUT2D eigenvalue weighted by atomic mass is 9.73. The van der Waals surface area contributed by atoms with Crippen LogP contribution in [0.5, 0.6) is 0 Å². The third-order valence-corrected chi connectivity index (χ3v) is 10.1. The van der Waals surface area contributed by atoms with Gasteiger partial charge in [0.05, 0.1) is 42.8 Å². The number of aliphatic hydroxyl groups excluding tert-OH is 1. The molecule has 3 aliphatic rings. The topological polar surface area (TPSA) is 177 Å². The molecule has 47 heavy (non-hydrogen) atoms. The number of ether oxygens (including phenoxy) is 5. The Morgan fingerprint density at radius 3 is 2.32 bits per heavy atom. The number of ketones is 1. The summed E-state index contributed by atoms with van der Waals surface area (Å²) in [5.41, 5.74) is -2.65. The van der Waals surface area contributed by atoms with Gasteiger partial charge in [-0.3, -0.25) is 14.4 Å². The van der Waals surface area contributed by atoms with Gasteiger partial charge in [0.1, 0.15) is 23.7 Å². The summed E-state index contributed by atoms with van der Waals surface area (Å²) in [6.07, 6.45) is -4.80. The molecule has 0 aromatic rings. The molecule has 3 heterocycles. The van der Waals surface area contributed by atoms with Crippen molar-refractivity contribution in [3.63, 3.8) is 0 Å². The number of fused-ring (bicyclic) bond motifs is 5. The first kappa shape index (κ1) is 39.3. The maximum absolute atomic E-state index is 14.2. The minimum Gasteiger partial charge on any atom is -0.459 e. The number of esters is 1. The fourth-order valence-corrected chi connectivity index (χ4v) is 7.56. The standard InChI is InChI=1S/C34H57N3O10/c1-12-25-34(9,42)30-19(4)26(36-22(7)38)17(2)14-33(8,44-16-23(35)15-43-30)29(20(5)27(39)21(6)31(41)46-25)47-32-28(40)24(37(10)11)13-18(3)45-32/h17-21,24-25,28-30,32,35,40,42H,12-16H2,1-11H3/b35-23?,36-26+/t17-,18-,19+,20+,21-,24+,25-,28-,29-,30-,32?,33-,34-/m1/s1. The van der Waals surface area contributed by atoms with E-state index in [1.165, 1.54) is 20.8 Å². The van der Waals surface area contributed by atoms with Gasteiger partial charge in [0.15, 0.2) is 12.1 Å². The van der Waals surface area contributed by atoms with Crippen molar-refractivity contribution in [3.05, 3.63) is 0 Å². The smallest absolute Gasteiger partial charge is 0.316 e. The molecule has 3 aliphatic heterocycles. The van der Waals surface area contributed by atoms with Crippen molar-refractivity contribution < 1.29 is 48.3 Å². The van der Waals surface area contributed by atoms with Crippen LogP contribution in [0.1, 0.15) is 81.6 Å². The molecule has 268 valence electrons. The van der Waals surface area contributed by atoms with Gasteiger partial charge in [0.25, 0.3) is 0 Å². The SMILES string of the molecule is CC[C@H]1OC(=O)[C@H](C)C(=O)[C@H](C)[C@@H](OC2O[C@H](C)C[C@H](N(C)C)[C@H]2O)[C@@]2(C)C[C@@H](C)/C(=N\C(C)=O)[C@H](C)[C@@H](OCC(=N)CO2)[C@]1(C)O. The van der Waals surface area contributed by atoms with Crippen molar-refractivity contribution in [2.75, 3.05) is 27.3 Å². The Kier molecular flexibility index (Phi) is 13.1. The van der Waals surface area contributed by atoms with E-state index < -0.39 is 83.2 Å². The highest BCUT2D eigenvalue weighted by Crippen LogP contribution is 2.40. The number of rotatable bonds is 4. The molecule has 1 amide bonds. The molecule has 3 rings (SSSR count). The first-order chi connectivity index (χ1) is 21.7. The van der Waals surface area contributed by atoms with E-state index in [9.17, 15) is 24.6 Å². The van der Waals surface area contributed by atoms with E-state index in [1.807, 2.05) is 32.8 Å². The molecule has 0 aromatic carbocycles. The zero-order valence-corrected chi connectivity index (χ0v) is 29.9. The van der Waals surface area contributed by atoms with Gasteiger partial charge in [-0.1, -0.05) is 27.7 Å². The molecule has 0 aliphatic carbocycles. The summed E-state index contributed by atoms with van der Waals surface area (Å²) < 4.78 is 31.3. The maximum Gasteiger partial charge on any atom is 0.316 e. The summed E-state index contributed by atoms with van der Waals surface area (Å²) in [4.78, 5) is 46.6. The molecule has 13 atom stereocenters. The molecule has 0 saturated carbocycles. The monoisotopic (exact) mass is 667 g/mol. The van der Waals surface area contributed by atoms with Crippen LogP contribution in [0, 0.1) is 29.1 Å². The second-order valence-electron chi connectivity index (χ2n) is 14.5. The van der Waals surface area contributed by atoms with Crippen LogP contribution >= 0.6 is 0 Å². The summed E-state index contributed by atoms with van der Waals surface area (Å²) in [7, 11) is 3.72. The maximum atomic E-state index is 14.2. The fourth-order valence-electron chi connectivity index (χ4n) is 7.56. The predicted molar refractivity (Wildman–Crippen MR) is 174 cm³/mol. The lowest BCUT2D eigenvalue weighted by Crippen LogP contribution is -2.60. The highest BCUT2D eigenvalue weighted by atomic mass is 16.7. The highest BCUT2D eigenvalue weighted by molar-refractivity contribution is 6.00. The van der Waals surface area contributed by atoms with E-state index in [4.69, 9.17) is 29.1 Å². The van der Waals surface area contributed by atoms with Crippen LogP contribution in [-0.4, -0.2) is 126 Å². The highest BCUT2D eigenvalue weighted by Gasteiger charge is 2.53. The number of carbonyl (C=O) groups is 3. The Morgan fingerprint density at radius 1 is 1.11 bits per heavy atom. The number of Topliss-reactive ketones (excluding diaryl/α,β-unsaturated/α-hetero) is 1. The first-order valence-electron chi connectivity index (χ1n) is 16.8. The quantitative estimate of drug-likeness (QED) is 0.297. The molecular weight excluding hydrogens is 610 g/mol. The normalized spacial score (nSPS) is 44.0. The van der Waals surface area contributed by atoms with Crippen LogP contribution < -0.4 is 0 Å². The second-order valence-corrected chi connectivity index (χ2v) is 14.5. The molecule has 3 saturated heterocycles. The van der Waals surface area contributed by atoms with Crippen molar-refractivity contribution in [1.82, 2.24) is 4.90 Å². The number of amides is 1. The van der Waals surface area contributed by atoms with Crippen LogP contribution in [0.2, 0.25) is 0 Å². The van der Waals surface area contributed by atoms with Gasteiger partial charge in [-0.05, 0) is 67.0 Å². The van der Waals surface area contributed by atoms with Crippen LogP contribution in [0.3, 0.4) is 0 Å². The van der Waals surface area contributed by atoms with E-state index in [2.05, 4.69) is 4.99 Å². The predicted octanol–water partition coefficient (Wildman–Crippen LogP) is 2.57. The Labute approximate surface area is 279 Å². The minimum atomic E-state index is -1.79. The van der Waals surface area contributed by atoms with Crippen molar-refractivity contribution in [2.45, 2.75) is 136 Å². The number of carbonyl (C=O) groups excluding carboxylic acids is 3. The van der Waals surface area contributed by atoms with Crippen molar-refractivity contribution in [3.8, 4) is 0 Å². The van der Waals surface area contributed by atoms with Gasteiger partial charge in [0, 0.05) is 30.5 Å². The number of aliphatic hydroxyl groups is 2. The average molecular weight is 668 g/mol. The largest absolute Gasteiger partial charge is 0.459 e. The van der Waals surface area contributed by atoms with Crippen LogP contribution in [0.15, 0.2) is 4.99 Å². The van der Waals surface area contributed by atoms with Crippen molar-refractivity contribution in [2.24, 2.45) is 28.7 Å². The number of cyclic esters (lactones) is 1. The molecule has 0 spiro atoms. The van der Waals surface area contributed by atoms with Gasteiger partial charge < -0.3 is 44.2 Å².